The lowest BCUT2D eigenvalue weighted by Crippen LogP contribution is -2.49. The molecular formula is C22H28N2O4. The van der Waals surface area contributed by atoms with E-state index in [-0.39, 0.29) is 18.1 Å². The number of hydrogen-bond donors (Lipinski definition) is 0. The summed E-state index contributed by atoms with van der Waals surface area (Å²) < 4.78 is 10.3. The molecule has 2 aromatic rings. The van der Waals surface area contributed by atoms with Crippen molar-refractivity contribution in [1.29, 1.82) is 0 Å². The summed E-state index contributed by atoms with van der Waals surface area (Å²) in [6.45, 7) is 6.57. The van der Waals surface area contributed by atoms with Gasteiger partial charge in [-0.2, -0.15) is 0 Å². The Balaban J connectivity index is 2.25. The van der Waals surface area contributed by atoms with E-state index in [0.29, 0.717) is 26.3 Å². The van der Waals surface area contributed by atoms with Crippen molar-refractivity contribution in [3.8, 4) is 0 Å². The summed E-state index contributed by atoms with van der Waals surface area (Å²) in [5.74, 6) is -0.592. The number of carbonyl (C=O) groups is 2. The molecule has 0 fully saturated rings. The highest BCUT2D eigenvalue weighted by Crippen LogP contribution is 2.23. The predicted molar refractivity (Wildman–Crippen MR) is 110 cm³/mol. The molecule has 0 aliphatic rings. The molecule has 28 heavy (non-hydrogen) atoms. The fraction of sp³-hybridized carbons (Fsp3) is 0.364. The van der Waals surface area contributed by atoms with Crippen LogP contribution in [-0.2, 0) is 19.1 Å². The van der Waals surface area contributed by atoms with Gasteiger partial charge >= 0.3 is 11.9 Å². The minimum atomic E-state index is -0.296. The van der Waals surface area contributed by atoms with Crippen LogP contribution in [-0.4, -0.2) is 44.4 Å². The van der Waals surface area contributed by atoms with Crippen LogP contribution in [0, 0.1) is 0 Å². The van der Waals surface area contributed by atoms with E-state index in [1.165, 1.54) is 13.8 Å². The molecule has 0 aliphatic carbocycles. The monoisotopic (exact) mass is 384 g/mol. The highest BCUT2D eigenvalue weighted by atomic mass is 16.5. The van der Waals surface area contributed by atoms with Gasteiger partial charge in [-0.3, -0.25) is 9.59 Å². The number of para-hydroxylation sites is 2. The molecule has 0 saturated carbocycles. The summed E-state index contributed by atoms with van der Waals surface area (Å²) in [7, 11) is 0. The van der Waals surface area contributed by atoms with Crippen molar-refractivity contribution in [1.82, 2.24) is 0 Å². The van der Waals surface area contributed by atoms with Crippen molar-refractivity contribution < 1.29 is 19.1 Å². The van der Waals surface area contributed by atoms with Gasteiger partial charge in [-0.05, 0) is 31.2 Å². The van der Waals surface area contributed by atoms with Crippen LogP contribution in [0.3, 0.4) is 0 Å². The van der Waals surface area contributed by atoms with Crippen LogP contribution >= 0.6 is 0 Å². The Kier molecular flexibility index (Phi) is 8.34. The second-order valence-electron chi connectivity index (χ2n) is 6.37. The van der Waals surface area contributed by atoms with Crippen LogP contribution < -0.4 is 9.80 Å². The molecule has 2 aromatic carbocycles. The molecule has 6 nitrogen and oxygen atoms in total. The Morgan fingerprint density at radius 1 is 0.750 bits per heavy atom. The number of rotatable bonds is 10. The summed E-state index contributed by atoms with van der Waals surface area (Å²) in [6, 6.07) is 20.0. The zero-order valence-electron chi connectivity index (χ0n) is 16.7. The Labute approximate surface area is 166 Å². The lowest BCUT2D eigenvalue weighted by molar-refractivity contribution is -0.141. The van der Waals surface area contributed by atoms with E-state index in [2.05, 4.69) is 16.7 Å². The molecule has 0 spiro atoms. The highest BCUT2D eigenvalue weighted by Gasteiger charge is 2.22. The Morgan fingerprint density at radius 2 is 1.11 bits per heavy atom. The first-order chi connectivity index (χ1) is 13.5. The van der Waals surface area contributed by atoms with E-state index >= 15 is 0 Å². The minimum absolute atomic E-state index is 0.0593. The van der Waals surface area contributed by atoms with Gasteiger partial charge in [0.2, 0.25) is 0 Å². The van der Waals surface area contributed by atoms with Gasteiger partial charge in [0.15, 0.2) is 0 Å². The fourth-order valence-electron chi connectivity index (χ4n) is 3.05. The molecule has 6 heteroatoms. The number of benzene rings is 2. The van der Waals surface area contributed by atoms with Gasteiger partial charge in [-0.1, -0.05) is 36.4 Å². The summed E-state index contributed by atoms with van der Waals surface area (Å²) in [4.78, 5) is 26.7. The topological polar surface area (TPSA) is 59.1 Å². The van der Waals surface area contributed by atoms with Crippen LogP contribution in [0.25, 0.3) is 0 Å². The number of esters is 2. The molecule has 0 amide bonds. The fourth-order valence-corrected chi connectivity index (χ4v) is 3.05. The van der Waals surface area contributed by atoms with Crippen LogP contribution in [0.5, 0.6) is 0 Å². The molecule has 0 bridgehead atoms. The number of carbonyl (C=O) groups excluding carboxylic acids is 2. The van der Waals surface area contributed by atoms with Crippen molar-refractivity contribution in [2.24, 2.45) is 0 Å². The van der Waals surface area contributed by atoms with E-state index in [1.54, 1.807) is 0 Å². The van der Waals surface area contributed by atoms with Crippen LogP contribution in [0.4, 0.5) is 11.4 Å². The molecule has 150 valence electrons. The predicted octanol–water partition coefficient (Wildman–Crippen LogP) is 3.47. The lowest BCUT2D eigenvalue weighted by Gasteiger charge is -2.40. The average molecular weight is 384 g/mol. The Bertz CT molecular complexity index is 673. The quantitative estimate of drug-likeness (QED) is 0.462. The third kappa shape index (κ3) is 6.61. The Morgan fingerprint density at radius 3 is 1.43 bits per heavy atom. The van der Waals surface area contributed by atoms with Gasteiger partial charge in [-0.15, -0.1) is 0 Å². The zero-order valence-corrected chi connectivity index (χ0v) is 16.7. The van der Waals surface area contributed by atoms with Gasteiger partial charge < -0.3 is 19.3 Å². The SMILES string of the molecule is CC(=O)OCCN(c1ccccc1)C(C)N(CCOC(C)=O)c1ccccc1. The van der Waals surface area contributed by atoms with Gasteiger partial charge in [0.25, 0.3) is 0 Å². The largest absolute Gasteiger partial charge is 0.464 e. The standard InChI is InChI=1S/C22H28N2O4/c1-18(23(14-16-27-19(2)25)21-10-6-4-7-11-21)24(15-17-28-20(3)26)22-12-8-5-9-13-22/h4-13,18H,14-17H2,1-3H3. The van der Waals surface area contributed by atoms with Gasteiger partial charge in [-0.25, -0.2) is 0 Å². The van der Waals surface area contributed by atoms with E-state index in [0.717, 1.165) is 11.4 Å². The van der Waals surface area contributed by atoms with Crippen molar-refractivity contribution >= 4 is 23.3 Å². The van der Waals surface area contributed by atoms with Crippen LogP contribution in [0.15, 0.2) is 60.7 Å². The summed E-state index contributed by atoms with van der Waals surface area (Å²) in [5.41, 5.74) is 2.05. The average Bonchev–Trinajstić information content (AvgIpc) is 2.69. The van der Waals surface area contributed by atoms with Gasteiger partial charge in [0.1, 0.15) is 13.2 Å². The number of hydrogen-bond acceptors (Lipinski definition) is 6. The zero-order chi connectivity index (χ0) is 20.4. The molecule has 0 N–H and O–H groups in total. The van der Waals surface area contributed by atoms with Crippen molar-refractivity contribution in [3.05, 3.63) is 60.7 Å². The van der Waals surface area contributed by atoms with Crippen molar-refractivity contribution in [2.45, 2.75) is 26.9 Å². The molecular weight excluding hydrogens is 356 g/mol. The summed E-state index contributed by atoms with van der Waals surface area (Å²) in [6.07, 6.45) is -0.0593. The van der Waals surface area contributed by atoms with Crippen molar-refractivity contribution in [3.63, 3.8) is 0 Å². The van der Waals surface area contributed by atoms with Gasteiger partial charge in [0, 0.05) is 25.2 Å². The first kappa shape index (κ1) is 21.3. The smallest absolute Gasteiger partial charge is 0.302 e. The normalized spacial score (nSPS) is 10.4. The third-order valence-electron chi connectivity index (χ3n) is 4.35. The summed E-state index contributed by atoms with van der Waals surface area (Å²) >= 11 is 0. The first-order valence-corrected chi connectivity index (χ1v) is 9.39. The Hall–Kier alpha value is -3.02. The molecule has 0 saturated heterocycles. The molecule has 0 radical (unpaired) electrons. The molecule has 0 aromatic heterocycles. The molecule has 0 unspecified atom stereocenters. The van der Waals surface area contributed by atoms with E-state index in [4.69, 9.17) is 9.47 Å². The van der Waals surface area contributed by atoms with E-state index in [9.17, 15) is 9.59 Å². The number of nitrogens with zero attached hydrogens (tertiary/aromatic N) is 2. The second-order valence-corrected chi connectivity index (χ2v) is 6.37. The molecule has 2 rings (SSSR count). The molecule has 0 heterocycles. The van der Waals surface area contributed by atoms with Crippen LogP contribution in [0.2, 0.25) is 0 Å². The maximum atomic E-state index is 11.2. The number of ether oxygens (including phenoxy) is 2. The number of anilines is 2. The highest BCUT2D eigenvalue weighted by molar-refractivity contribution is 5.66. The molecule has 0 aliphatic heterocycles. The van der Waals surface area contributed by atoms with E-state index < -0.39 is 0 Å². The minimum Gasteiger partial charge on any atom is -0.464 e. The third-order valence-corrected chi connectivity index (χ3v) is 4.35. The maximum absolute atomic E-state index is 11.2. The van der Waals surface area contributed by atoms with Gasteiger partial charge in [0.05, 0.1) is 19.3 Å². The maximum Gasteiger partial charge on any atom is 0.302 e. The van der Waals surface area contributed by atoms with E-state index in [1.807, 2.05) is 60.7 Å². The first-order valence-electron chi connectivity index (χ1n) is 9.39. The van der Waals surface area contributed by atoms with Crippen LogP contribution in [0.1, 0.15) is 20.8 Å². The lowest BCUT2D eigenvalue weighted by atomic mass is 10.2. The molecule has 0 atom stereocenters. The summed E-state index contributed by atoms with van der Waals surface area (Å²) in [5, 5.41) is 0. The second kappa shape index (κ2) is 11.0. The van der Waals surface area contributed by atoms with Crippen molar-refractivity contribution in [2.75, 3.05) is 36.1 Å².